The van der Waals surface area contributed by atoms with E-state index in [0.717, 1.165) is 38.4 Å². The van der Waals surface area contributed by atoms with Gasteiger partial charge in [0.25, 0.3) is 0 Å². The number of ether oxygens (including phenoxy) is 2. The van der Waals surface area contributed by atoms with Gasteiger partial charge in [0.1, 0.15) is 6.61 Å². The molecule has 0 radical (unpaired) electrons. The van der Waals surface area contributed by atoms with E-state index in [0.29, 0.717) is 22.7 Å². The van der Waals surface area contributed by atoms with Crippen LogP contribution in [0.25, 0.3) is 11.0 Å². The lowest BCUT2D eigenvalue weighted by atomic mass is 10.1. The Kier molecular flexibility index (Phi) is 11.3. The van der Waals surface area contributed by atoms with Gasteiger partial charge >= 0.3 is 12.1 Å². The zero-order valence-corrected chi connectivity index (χ0v) is 23.9. The second-order valence-corrected chi connectivity index (χ2v) is 12.0. The number of aromatic amines is 1. The van der Waals surface area contributed by atoms with Crippen molar-refractivity contribution in [2.45, 2.75) is 50.7 Å². The standard InChI is InChI=1S/C25H30N4O5S2.C2H6/c1-25(2,36-35-23-27-20-7-6-19(22(30)31)13-21(20)28-23)16-34-24(32)26-14-17-4-3-5-18(12-17)15-29-8-10-33-11-9-29;1-2/h3-7,12-13H,8-11,14-16H2,1-2H3,(H,26,32)(H,27,28)(H,30,31);1-2H3. The van der Waals surface area contributed by atoms with Crippen molar-refractivity contribution in [2.75, 3.05) is 32.9 Å². The molecule has 1 saturated heterocycles. The van der Waals surface area contributed by atoms with Crippen molar-refractivity contribution >= 4 is 44.7 Å². The number of rotatable bonds is 10. The Labute approximate surface area is 231 Å². The number of hydrogen-bond donors (Lipinski definition) is 3. The fourth-order valence-corrected chi connectivity index (χ4v) is 5.65. The molecule has 0 saturated carbocycles. The molecular formula is C27H36N4O5S2. The van der Waals surface area contributed by atoms with Crippen LogP contribution in [0, 0.1) is 0 Å². The van der Waals surface area contributed by atoms with Crippen LogP contribution in [-0.2, 0) is 22.6 Å². The smallest absolute Gasteiger partial charge is 0.407 e. The Morgan fingerprint density at radius 1 is 1.16 bits per heavy atom. The first-order valence-electron chi connectivity index (χ1n) is 12.6. The summed E-state index contributed by atoms with van der Waals surface area (Å²) in [7, 11) is 2.94. The Morgan fingerprint density at radius 3 is 2.63 bits per heavy atom. The molecular weight excluding hydrogens is 524 g/mol. The predicted octanol–water partition coefficient (Wildman–Crippen LogP) is 5.56. The van der Waals surface area contributed by atoms with Crippen molar-refractivity contribution in [1.82, 2.24) is 20.2 Å². The number of H-pyrrole nitrogens is 1. The minimum absolute atomic E-state index is 0.207. The van der Waals surface area contributed by atoms with Crippen molar-refractivity contribution in [3.05, 3.63) is 59.2 Å². The summed E-state index contributed by atoms with van der Waals surface area (Å²) >= 11 is 0. The molecule has 0 spiro atoms. The zero-order chi connectivity index (χ0) is 27.5. The Morgan fingerprint density at radius 2 is 1.89 bits per heavy atom. The molecule has 1 aliphatic rings. The minimum atomic E-state index is -0.979. The molecule has 0 aliphatic carbocycles. The maximum atomic E-state index is 12.3. The van der Waals surface area contributed by atoms with Crippen LogP contribution in [0.2, 0.25) is 0 Å². The number of aromatic carboxylic acids is 1. The summed E-state index contributed by atoms with van der Waals surface area (Å²) in [6.45, 7) is 12.9. The van der Waals surface area contributed by atoms with Gasteiger partial charge in [-0.15, -0.1) is 0 Å². The van der Waals surface area contributed by atoms with Crippen LogP contribution in [0.4, 0.5) is 4.79 Å². The minimum Gasteiger partial charge on any atom is -0.478 e. The van der Waals surface area contributed by atoms with Crippen LogP contribution < -0.4 is 5.32 Å². The van der Waals surface area contributed by atoms with E-state index in [9.17, 15) is 9.59 Å². The SMILES string of the molecule is CC.CC(C)(COC(=O)NCc1cccc(CN2CCOCC2)c1)SSc1nc2ccc(C(=O)O)cc2[nH]1. The number of nitrogens with zero attached hydrogens (tertiary/aromatic N) is 2. The molecule has 38 heavy (non-hydrogen) atoms. The summed E-state index contributed by atoms with van der Waals surface area (Å²) in [6.07, 6.45) is -0.461. The summed E-state index contributed by atoms with van der Waals surface area (Å²) in [6, 6.07) is 13.0. The van der Waals surface area contributed by atoms with E-state index < -0.39 is 12.1 Å². The molecule has 0 bridgehead atoms. The van der Waals surface area contributed by atoms with Gasteiger partial charge in [-0.3, -0.25) is 4.90 Å². The van der Waals surface area contributed by atoms with E-state index in [-0.39, 0.29) is 16.9 Å². The highest BCUT2D eigenvalue weighted by Gasteiger charge is 2.23. The molecule has 2 heterocycles. The lowest BCUT2D eigenvalue weighted by Crippen LogP contribution is -2.35. The van der Waals surface area contributed by atoms with Gasteiger partial charge in [0.05, 0.1) is 34.6 Å². The summed E-state index contributed by atoms with van der Waals surface area (Å²) < 4.78 is 10.5. The monoisotopic (exact) mass is 560 g/mol. The van der Waals surface area contributed by atoms with Crippen LogP contribution >= 0.6 is 21.6 Å². The fourth-order valence-electron chi connectivity index (χ4n) is 3.66. The number of morpholine rings is 1. The van der Waals surface area contributed by atoms with E-state index >= 15 is 0 Å². The molecule has 1 aliphatic heterocycles. The molecule has 9 nitrogen and oxygen atoms in total. The first kappa shape index (κ1) is 29.8. The highest BCUT2D eigenvalue weighted by molar-refractivity contribution is 8.77. The number of carbonyl (C=O) groups excluding carboxylic acids is 1. The average molecular weight is 561 g/mol. The quantitative estimate of drug-likeness (QED) is 0.274. The van der Waals surface area contributed by atoms with E-state index in [4.69, 9.17) is 14.6 Å². The molecule has 4 rings (SSSR count). The number of fused-ring (bicyclic) bond motifs is 1. The van der Waals surface area contributed by atoms with Crippen molar-refractivity contribution < 1.29 is 24.2 Å². The molecule has 206 valence electrons. The van der Waals surface area contributed by atoms with Crippen molar-refractivity contribution in [3.8, 4) is 0 Å². The van der Waals surface area contributed by atoms with Crippen molar-refractivity contribution in [3.63, 3.8) is 0 Å². The lowest BCUT2D eigenvalue weighted by Gasteiger charge is -2.26. The first-order chi connectivity index (χ1) is 18.3. The largest absolute Gasteiger partial charge is 0.478 e. The number of imidazole rings is 1. The second kappa shape index (κ2) is 14.4. The maximum Gasteiger partial charge on any atom is 0.407 e. The number of carboxylic acids is 1. The van der Waals surface area contributed by atoms with Gasteiger partial charge in [-0.2, -0.15) is 0 Å². The van der Waals surface area contributed by atoms with Gasteiger partial charge in [-0.25, -0.2) is 14.6 Å². The number of carboxylic acid groups (broad SMARTS) is 1. The third-order valence-corrected chi connectivity index (χ3v) is 8.62. The molecule has 11 heteroatoms. The van der Waals surface area contributed by atoms with Gasteiger partial charge in [-0.05, 0) is 54.0 Å². The summed E-state index contributed by atoms with van der Waals surface area (Å²) in [5.74, 6) is -0.979. The van der Waals surface area contributed by atoms with Crippen LogP contribution in [0.5, 0.6) is 0 Å². The van der Waals surface area contributed by atoms with Crippen molar-refractivity contribution in [2.24, 2.45) is 0 Å². The summed E-state index contributed by atoms with van der Waals surface area (Å²) in [4.78, 5) is 33.4. The first-order valence-corrected chi connectivity index (χ1v) is 14.8. The normalized spacial score (nSPS) is 14.0. The highest BCUT2D eigenvalue weighted by Crippen LogP contribution is 2.40. The number of benzene rings is 2. The summed E-state index contributed by atoms with van der Waals surface area (Å²) in [5.41, 5.74) is 3.81. The van der Waals surface area contributed by atoms with E-state index in [1.807, 2.05) is 39.8 Å². The molecule has 0 unspecified atom stereocenters. The van der Waals surface area contributed by atoms with Crippen LogP contribution in [-0.4, -0.2) is 69.7 Å². The van der Waals surface area contributed by atoms with Crippen LogP contribution in [0.1, 0.15) is 49.2 Å². The number of amides is 1. The topological polar surface area (TPSA) is 117 Å². The number of hydrogen-bond acceptors (Lipinski definition) is 8. The number of aromatic nitrogens is 2. The Balaban J connectivity index is 0.00000195. The molecule has 1 fully saturated rings. The zero-order valence-electron chi connectivity index (χ0n) is 22.3. The van der Waals surface area contributed by atoms with Gasteiger partial charge < -0.3 is 24.9 Å². The molecule has 1 amide bonds. The molecule has 0 atom stereocenters. The Hall–Kier alpha value is -2.73. The second-order valence-electron chi connectivity index (χ2n) is 9.14. The van der Waals surface area contributed by atoms with Gasteiger partial charge in [0.15, 0.2) is 5.16 Å². The lowest BCUT2D eigenvalue weighted by molar-refractivity contribution is 0.0342. The molecule has 2 aromatic carbocycles. The van der Waals surface area contributed by atoms with E-state index in [1.165, 1.54) is 33.2 Å². The average Bonchev–Trinajstić information content (AvgIpc) is 3.34. The number of nitrogens with one attached hydrogen (secondary N) is 2. The highest BCUT2D eigenvalue weighted by atomic mass is 33.1. The Bertz CT molecular complexity index is 1210. The van der Waals surface area contributed by atoms with Crippen LogP contribution in [0.3, 0.4) is 0 Å². The maximum absolute atomic E-state index is 12.3. The molecule has 1 aromatic heterocycles. The van der Waals surface area contributed by atoms with Crippen LogP contribution in [0.15, 0.2) is 47.6 Å². The number of alkyl carbamates (subject to hydrolysis) is 1. The van der Waals surface area contributed by atoms with Crippen molar-refractivity contribution in [1.29, 1.82) is 0 Å². The summed E-state index contributed by atoms with van der Waals surface area (Å²) in [5, 5.41) is 12.6. The third kappa shape index (κ3) is 9.23. The fraction of sp³-hybridized carbons (Fsp3) is 0.444. The van der Waals surface area contributed by atoms with E-state index in [1.54, 1.807) is 12.1 Å². The van der Waals surface area contributed by atoms with E-state index in [2.05, 4.69) is 32.3 Å². The van der Waals surface area contributed by atoms with Gasteiger partial charge in [-0.1, -0.05) is 48.9 Å². The predicted molar refractivity (Wildman–Crippen MR) is 153 cm³/mol. The van der Waals surface area contributed by atoms with Gasteiger partial charge in [0.2, 0.25) is 0 Å². The van der Waals surface area contributed by atoms with Gasteiger partial charge in [0, 0.05) is 26.2 Å². The number of carbonyl (C=O) groups is 2. The molecule has 3 N–H and O–H groups in total. The molecule has 3 aromatic rings. The third-order valence-electron chi connectivity index (χ3n) is 5.54.